The maximum absolute atomic E-state index is 4.53. The molecule has 0 bridgehead atoms. The van der Waals surface area contributed by atoms with E-state index in [-0.39, 0.29) is 0 Å². The molecule has 0 aliphatic rings. The Hall–Kier alpha value is -1.91. The molecule has 0 aliphatic carbocycles. The fraction of sp³-hybridized carbons (Fsp3) is 0.417. The third kappa shape index (κ3) is 2.81. The van der Waals surface area contributed by atoms with Crippen molar-refractivity contribution in [1.82, 2.24) is 19.9 Å². The van der Waals surface area contributed by atoms with E-state index in [1.807, 2.05) is 24.2 Å². The Morgan fingerprint density at radius 1 is 1.29 bits per heavy atom. The summed E-state index contributed by atoms with van der Waals surface area (Å²) in [6.45, 7) is 4.89. The quantitative estimate of drug-likeness (QED) is 0.874. The van der Waals surface area contributed by atoms with Gasteiger partial charge in [-0.05, 0) is 6.07 Å². The molecule has 0 saturated heterocycles. The van der Waals surface area contributed by atoms with Gasteiger partial charge < -0.3 is 9.88 Å². The number of aromatic amines is 1. The number of nitrogens with zero attached hydrogens (tertiary/aromatic N) is 4. The molecule has 0 spiro atoms. The van der Waals surface area contributed by atoms with Crippen LogP contribution >= 0.6 is 0 Å². The van der Waals surface area contributed by atoms with Crippen LogP contribution in [0.1, 0.15) is 31.4 Å². The molecule has 0 unspecified atom stereocenters. The highest BCUT2D eigenvalue weighted by atomic mass is 15.2. The minimum Gasteiger partial charge on any atom is -0.352 e. The molecule has 2 aromatic rings. The Morgan fingerprint density at radius 2 is 2.12 bits per heavy atom. The summed E-state index contributed by atoms with van der Waals surface area (Å²) in [5.41, 5.74) is 0. The lowest BCUT2D eigenvalue weighted by molar-refractivity contribution is 0.757. The van der Waals surface area contributed by atoms with Crippen LogP contribution in [0.15, 0.2) is 24.7 Å². The van der Waals surface area contributed by atoms with Crippen LogP contribution in [0.2, 0.25) is 0 Å². The lowest BCUT2D eigenvalue weighted by Crippen LogP contribution is -2.19. The molecular formula is C12H17N5. The molecule has 0 amide bonds. The first kappa shape index (κ1) is 11.6. The van der Waals surface area contributed by atoms with Gasteiger partial charge in [-0.3, -0.25) is 0 Å². The second kappa shape index (κ2) is 4.95. The third-order valence-corrected chi connectivity index (χ3v) is 2.51. The predicted molar refractivity (Wildman–Crippen MR) is 66.8 cm³/mol. The minimum atomic E-state index is 0.340. The van der Waals surface area contributed by atoms with E-state index >= 15 is 0 Å². The summed E-state index contributed by atoms with van der Waals surface area (Å²) in [7, 11) is 2.00. The van der Waals surface area contributed by atoms with Gasteiger partial charge in [-0.15, -0.1) is 0 Å². The Labute approximate surface area is 101 Å². The average Bonchev–Trinajstić information content (AvgIpc) is 2.82. The molecule has 0 atom stereocenters. The van der Waals surface area contributed by atoms with Crippen LogP contribution in [0.4, 0.5) is 5.82 Å². The maximum atomic E-state index is 4.53. The summed E-state index contributed by atoms with van der Waals surface area (Å²) in [5.74, 6) is 3.05. The van der Waals surface area contributed by atoms with Crippen molar-refractivity contribution < 1.29 is 0 Å². The van der Waals surface area contributed by atoms with E-state index in [1.165, 1.54) is 0 Å². The average molecular weight is 231 g/mol. The largest absolute Gasteiger partial charge is 0.352 e. The molecule has 17 heavy (non-hydrogen) atoms. The maximum Gasteiger partial charge on any atom is 0.133 e. The van der Waals surface area contributed by atoms with Crippen molar-refractivity contribution in [3.05, 3.63) is 36.3 Å². The van der Waals surface area contributed by atoms with E-state index in [0.29, 0.717) is 12.5 Å². The molecule has 0 saturated carbocycles. The number of aromatic nitrogens is 4. The molecule has 1 N–H and O–H groups in total. The van der Waals surface area contributed by atoms with E-state index < -0.39 is 0 Å². The first-order valence-electron chi connectivity index (χ1n) is 5.69. The molecule has 5 heteroatoms. The van der Waals surface area contributed by atoms with Gasteiger partial charge >= 0.3 is 0 Å². The van der Waals surface area contributed by atoms with Crippen LogP contribution < -0.4 is 4.90 Å². The number of hydrogen-bond acceptors (Lipinski definition) is 4. The standard InChI is InChI=1S/C12H17N5/c1-9(2)12-15-5-4-11(16-12)17(3)8-10-13-6-7-14-10/h4-7,9H,8H2,1-3H3,(H,13,14). The number of anilines is 1. The summed E-state index contributed by atoms with van der Waals surface area (Å²) in [4.78, 5) is 18.1. The molecule has 0 aliphatic heterocycles. The van der Waals surface area contributed by atoms with E-state index in [0.717, 1.165) is 17.5 Å². The zero-order chi connectivity index (χ0) is 12.3. The number of H-pyrrole nitrogens is 1. The van der Waals surface area contributed by atoms with Gasteiger partial charge in [-0.1, -0.05) is 13.8 Å². The predicted octanol–water partition coefficient (Wildman–Crippen LogP) is 1.96. The number of imidazole rings is 1. The van der Waals surface area contributed by atoms with E-state index in [1.54, 1.807) is 12.4 Å². The molecule has 0 fully saturated rings. The van der Waals surface area contributed by atoms with Crippen LogP contribution in [-0.4, -0.2) is 27.0 Å². The highest BCUT2D eigenvalue weighted by Gasteiger charge is 2.08. The van der Waals surface area contributed by atoms with Crippen LogP contribution in [0, 0.1) is 0 Å². The van der Waals surface area contributed by atoms with E-state index in [9.17, 15) is 0 Å². The summed E-state index contributed by atoms with van der Waals surface area (Å²) >= 11 is 0. The number of nitrogens with one attached hydrogen (secondary N) is 1. The van der Waals surface area contributed by atoms with E-state index in [2.05, 4.69) is 33.8 Å². The monoisotopic (exact) mass is 231 g/mol. The highest BCUT2D eigenvalue weighted by molar-refractivity contribution is 5.36. The zero-order valence-corrected chi connectivity index (χ0v) is 10.4. The van der Waals surface area contributed by atoms with Gasteiger partial charge in [0.05, 0.1) is 6.54 Å². The summed E-state index contributed by atoms with van der Waals surface area (Å²) in [6, 6.07) is 1.91. The summed E-state index contributed by atoms with van der Waals surface area (Å²) < 4.78 is 0. The lowest BCUT2D eigenvalue weighted by Gasteiger charge is -2.17. The number of hydrogen-bond donors (Lipinski definition) is 1. The van der Waals surface area contributed by atoms with Crippen molar-refractivity contribution in [1.29, 1.82) is 0 Å². The number of rotatable bonds is 4. The second-order valence-electron chi connectivity index (χ2n) is 4.32. The Morgan fingerprint density at radius 3 is 2.76 bits per heavy atom. The van der Waals surface area contributed by atoms with Crippen LogP contribution in [0.3, 0.4) is 0 Å². The van der Waals surface area contributed by atoms with Gasteiger partial charge in [0.25, 0.3) is 0 Å². The highest BCUT2D eigenvalue weighted by Crippen LogP contribution is 2.14. The van der Waals surface area contributed by atoms with E-state index in [4.69, 9.17) is 0 Å². The molecule has 5 nitrogen and oxygen atoms in total. The third-order valence-electron chi connectivity index (χ3n) is 2.51. The minimum absolute atomic E-state index is 0.340. The smallest absolute Gasteiger partial charge is 0.133 e. The molecule has 2 heterocycles. The van der Waals surface area contributed by atoms with Gasteiger partial charge in [-0.2, -0.15) is 0 Å². The van der Waals surface area contributed by atoms with Crippen LogP contribution in [0.25, 0.3) is 0 Å². The first-order valence-corrected chi connectivity index (χ1v) is 5.69. The fourth-order valence-corrected chi connectivity index (χ4v) is 1.54. The summed E-state index contributed by atoms with van der Waals surface area (Å²) in [5, 5.41) is 0. The summed E-state index contributed by atoms with van der Waals surface area (Å²) in [6.07, 6.45) is 5.38. The lowest BCUT2D eigenvalue weighted by atomic mass is 10.2. The van der Waals surface area contributed by atoms with Crippen molar-refractivity contribution in [2.45, 2.75) is 26.3 Å². The molecule has 2 aromatic heterocycles. The van der Waals surface area contributed by atoms with Crippen molar-refractivity contribution >= 4 is 5.82 Å². The molecule has 0 radical (unpaired) electrons. The van der Waals surface area contributed by atoms with Gasteiger partial charge in [-0.25, -0.2) is 15.0 Å². The first-order chi connectivity index (χ1) is 8.16. The SMILES string of the molecule is CC(C)c1nccc(N(C)Cc2ncc[nH]2)n1. The second-order valence-corrected chi connectivity index (χ2v) is 4.32. The van der Waals surface area contributed by atoms with Gasteiger partial charge in [0.15, 0.2) is 0 Å². The van der Waals surface area contributed by atoms with Gasteiger partial charge in [0, 0.05) is 31.6 Å². The van der Waals surface area contributed by atoms with Crippen molar-refractivity contribution in [2.24, 2.45) is 0 Å². The van der Waals surface area contributed by atoms with Gasteiger partial charge in [0.2, 0.25) is 0 Å². The van der Waals surface area contributed by atoms with Crippen LogP contribution in [-0.2, 0) is 6.54 Å². The normalized spacial score (nSPS) is 10.8. The Kier molecular flexibility index (Phi) is 3.37. The van der Waals surface area contributed by atoms with Crippen molar-refractivity contribution in [3.63, 3.8) is 0 Å². The van der Waals surface area contributed by atoms with Crippen molar-refractivity contribution in [2.75, 3.05) is 11.9 Å². The topological polar surface area (TPSA) is 57.7 Å². The molecular weight excluding hydrogens is 214 g/mol. The molecule has 0 aromatic carbocycles. The Balaban J connectivity index is 2.13. The van der Waals surface area contributed by atoms with Crippen LogP contribution in [0.5, 0.6) is 0 Å². The van der Waals surface area contributed by atoms with Crippen molar-refractivity contribution in [3.8, 4) is 0 Å². The fourth-order valence-electron chi connectivity index (χ4n) is 1.54. The molecule has 90 valence electrons. The Bertz CT molecular complexity index is 464. The molecule has 2 rings (SSSR count). The van der Waals surface area contributed by atoms with Gasteiger partial charge in [0.1, 0.15) is 17.5 Å². The zero-order valence-electron chi connectivity index (χ0n) is 10.4.